The summed E-state index contributed by atoms with van der Waals surface area (Å²) in [4.78, 5) is 42.8. The second-order valence-electron chi connectivity index (χ2n) is 10.7. The van der Waals surface area contributed by atoms with Crippen LogP contribution in [0.4, 0.5) is 18.0 Å². The molecule has 0 saturated carbocycles. The zero-order valence-corrected chi connectivity index (χ0v) is 21.8. The molecule has 4 heterocycles. The van der Waals surface area contributed by atoms with E-state index in [2.05, 4.69) is 25.6 Å². The summed E-state index contributed by atoms with van der Waals surface area (Å²) in [5.41, 5.74) is -2.02. The van der Waals surface area contributed by atoms with Gasteiger partial charge in [-0.25, -0.2) is 4.79 Å². The fraction of sp³-hybridized carbons (Fsp3) is 0.444. The van der Waals surface area contributed by atoms with Crippen LogP contribution in [0.5, 0.6) is 17.2 Å². The Morgan fingerprint density at radius 1 is 0.878 bits per heavy atom. The van der Waals surface area contributed by atoms with Crippen LogP contribution >= 0.6 is 0 Å². The molecule has 0 bridgehead atoms. The highest BCUT2D eigenvalue weighted by molar-refractivity contribution is 6.22. The lowest BCUT2D eigenvalue weighted by atomic mass is 9.78. The van der Waals surface area contributed by atoms with Gasteiger partial charge in [0.25, 0.3) is 11.8 Å². The van der Waals surface area contributed by atoms with Gasteiger partial charge in [-0.3, -0.25) is 30.0 Å². The molecule has 4 aliphatic rings. The molecule has 1 spiro atoms. The third kappa shape index (κ3) is 5.35. The van der Waals surface area contributed by atoms with Crippen molar-refractivity contribution in [3.8, 4) is 17.2 Å². The van der Waals surface area contributed by atoms with Gasteiger partial charge in [-0.05, 0) is 47.9 Å². The topological polar surface area (TPSA) is 121 Å². The summed E-state index contributed by atoms with van der Waals surface area (Å²) in [5.74, 6) is -0.740. The smallest absolute Gasteiger partial charge is 0.457 e. The third-order valence-corrected chi connectivity index (χ3v) is 7.82. The quantitative estimate of drug-likeness (QED) is 0.423. The van der Waals surface area contributed by atoms with Crippen molar-refractivity contribution in [2.24, 2.45) is 5.92 Å². The van der Waals surface area contributed by atoms with Gasteiger partial charge in [0.2, 0.25) is 5.54 Å². The van der Waals surface area contributed by atoms with Crippen LogP contribution in [0.1, 0.15) is 5.56 Å². The van der Waals surface area contributed by atoms with Gasteiger partial charge in [0.05, 0.1) is 6.61 Å². The first-order valence-electron chi connectivity index (χ1n) is 13.2. The predicted octanol–water partition coefficient (Wildman–Crippen LogP) is 1.54. The summed E-state index contributed by atoms with van der Waals surface area (Å²) in [5, 5.41) is 7.74. The lowest BCUT2D eigenvalue weighted by molar-refractivity contribution is -0.274. The largest absolute Gasteiger partial charge is 0.573 e. The molecule has 14 heteroatoms. The number of barbiturate groups is 1. The summed E-state index contributed by atoms with van der Waals surface area (Å²) < 4.78 is 53.0. The standard InChI is InChI=1S/C27H28F3N5O6/c28-27(29,30)41-21-7-5-20(6-8-21)40-19-3-1-18(2-4-19)26(22(36)32-24(38)33-23(26)37)35-15-25(16-35)14-34(9-10-39-25)13-17-11-31-12-17/h1-8,17,31H,9-16H2,(H2,32,33,36,37,38). The molecule has 4 fully saturated rings. The maximum atomic E-state index is 13.4. The molecule has 41 heavy (non-hydrogen) atoms. The SMILES string of the molecule is O=C1NC(=O)C(c2ccc(Oc3ccc(OC(F)(F)F)cc3)cc2)(N2CC3(CN(CC4CNC4)CCO3)C2)C(=O)N1. The Balaban J connectivity index is 1.19. The molecule has 0 atom stereocenters. The average molecular weight is 576 g/mol. The van der Waals surface area contributed by atoms with Crippen LogP contribution in [0.15, 0.2) is 48.5 Å². The number of halogens is 3. The summed E-state index contributed by atoms with van der Waals surface area (Å²) in [6, 6.07) is 10.2. The first kappa shape index (κ1) is 27.4. The molecule has 0 aliphatic carbocycles. The number of urea groups is 1. The van der Waals surface area contributed by atoms with Gasteiger partial charge in [-0.1, -0.05) is 12.1 Å². The summed E-state index contributed by atoms with van der Waals surface area (Å²) in [7, 11) is 0. The third-order valence-electron chi connectivity index (χ3n) is 7.82. The Hall–Kier alpha value is -3.72. The molecular weight excluding hydrogens is 547 g/mol. The van der Waals surface area contributed by atoms with E-state index in [9.17, 15) is 27.6 Å². The van der Waals surface area contributed by atoms with Crippen LogP contribution in [0.2, 0.25) is 0 Å². The Kier molecular flexibility index (Phi) is 6.88. The summed E-state index contributed by atoms with van der Waals surface area (Å²) in [6.07, 6.45) is -4.80. The molecular formula is C27H28F3N5O6. The highest BCUT2D eigenvalue weighted by Crippen LogP contribution is 2.42. The molecule has 4 aliphatic heterocycles. The van der Waals surface area contributed by atoms with Gasteiger partial charge in [-0.2, -0.15) is 0 Å². The summed E-state index contributed by atoms with van der Waals surface area (Å²) in [6.45, 7) is 5.61. The van der Waals surface area contributed by atoms with E-state index in [0.29, 0.717) is 43.5 Å². The number of hydrogen-bond acceptors (Lipinski definition) is 9. The van der Waals surface area contributed by atoms with Crippen LogP contribution in [0.3, 0.4) is 0 Å². The number of benzene rings is 2. The molecule has 11 nitrogen and oxygen atoms in total. The number of imide groups is 2. The number of nitrogens with zero attached hydrogens (tertiary/aromatic N) is 2. The average Bonchev–Trinajstić information content (AvgIpc) is 2.86. The number of morpholine rings is 1. The van der Waals surface area contributed by atoms with Crippen molar-refractivity contribution in [3.63, 3.8) is 0 Å². The van der Waals surface area contributed by atoms with Gasteiger partial charge < -0.3 is 19.5 Å². The number of carbonyl (C=O) groups excluding carboxylic acids is 3. The molecule has 0 aromatic heterocycles. The van der Waals surface area contributed by atoms with E-state index < -0.39 is 35.3 Å². The number of nitrogens with one attached hydrogen (secondary N) is 3. The molecule has 4 amide bonds. The zero-order chi connectivity index (χ0) is 28.8. The number of hydrogen-bond donors (Lipinski definition) is 3. The van der Waals surface area contributed by atoms with Crippen LogP contribution in [-0.2, 0) is 19.9 Å². The Bertz CT molecular complexity index is 1310. The monoisotopic (exact) mass is 575 g/mol. The Labute approximate surface area is 232 Å². The maximum absolute atomic E-state index is 13.4. The minimum atomic E-state index is -4.80. The summed E-state index contributed by atoms with van der Waals surface area (Å²) >= 11 is 0. The maximum Gasteiger partial charge on any atom is 0.573 e. The molecule has 4 saturated heterocycles. The van der Waals surface area contributed by atoms with Crippen molar-refractivity contribution in [3.05, 3.63) is 54.1 Å². The van der Waals surface area contributed by atoms with Crippen molar-refractivity contribution in [1.82, 2.24) is 25.8 Å². The number of carbonyl (C=O) groups is 3. The molecule has 2 aromatic carbocycles. The molecule has 218 valence electrons. The second-order valence-corrected chi connectivity index (χ2v) is 10.7. The van der Waals surface area contributed by atoms with Gasteiger partial charge >= 0.3 is 12.4 Å². The van der Waals surface area contributed by atoms with E-state index in [1.807, 2.05) is 0 Å². The van der Waals surface area contributed by atoms with Crippen LogP contribution in [0.25, 0.3) is 0 Å². The molecule has 2 aromatic rings. The van der Waals surface area contributed by atoms with E-state index in [0.717, 1.165) is 38.3 Å². The number of ether oxygens (including phenoxy) is 3. The van der Waals surface area contributed by atoms with Crippen molar-refractivity contribution < 1.29 is 41.8 Å². The molecule has 0 radical (unpaired) electrons. The van der Waals surface area contributed by atoms with Gasteiger partial charge in [0.15, 0.2) is 0 Å². The first-order chi connectivity index (χ1) is 19.5. The van der Waals surface area contributed by atoms with Gasteiger partial charge in [0.1, 0.15) is 22.8 Å². The Morgan fingerprint density at radius 2 is 1.46 bits per heavy atom. The van der Waals surface area contributed by atoms with Crippen LogP contribution < -0.4 is 25.4 Å². The number of alkyl halides is 3. The molecule has 0 unspecified atom stereocenters. The van der Waals surface area contributed by atoms with Crippen LogP contribution in [0, 0.1) is 5.92 Å². The van der Waals surface area contributed by atoms with Crippen molar-refractivity contribution in [2.45, 2.75) is 17.5 Å². The van der Waals surface area contributed by atoms with Gasteiger partial charge in [-0.15, -0.1) is 13.2 Å². The van der Waals surface area contributed by atoms with E-state index in [4.69, 9.17) is 9.47 Å². The second kappa shape index (κ2) is 10.3. The van der Waals surface area contributed by atoms with Crippen molar-refractivity contribution in [2.75, 3.05) is 52.4 Å². The Morgan fingerprint density at radius 3 is 2.02 bits per heavy atom. The predicted molar refractivity (Wildman–Crippen MR) is 136 cm³/mol. The van der Waals surface area contributed by atoms with E-state index >= 15 is 0 Å². The van der Waals surface area contributed by atoms with Gasteiger partial charge in [0, 0.05) is 45.8 Å². The van der Waals surface area contributed by atoms with E-state index in [-0.39, 0.29) is 11.5 Å². The minimum Gasteiger partial charge on any atom is -0.457 e. The lowest BCUT2D eigenvalue weighted by Crippen LogP contribution is -2.80. The first-order valence-corrected chi connectivity index (χ1v) is 13.2. The highest BCUT2D eigenvalue weighted by Gasteiger charge is 2.63. The van der Waals surface area contributed by atoms with Crippen molar-refractivity contribution in [1.29, 1.82) is 0 Å². The molecule has 3 N–H and O–H groups in total. The fourth-order valence-corrected chi connectivity index (χ4v) is 5.86. The number of likely N-dealkylation sites (tertiary alicyclic amines) is 1. The zero-order valence-electron chi connectivity index (χ0n) is 21.8. The normalized spacial score (nSPS) is 22.9. The van der Waals surface area contributed by atoms with Crippen LogP contribution in [-0.4, -0.2) is 92.0 Å². The number of rotatable bonds is 7. The number of amides is 4. The van der Waals surface area contributed by atoms with E-state index in [1.165, 1.54) is 24.3 Å². The lowest BCUT2D eigenvalue weighted by Gasteiger charge is -2.59. The highest BCUT2D eigenvalue weighted by atomic mass is 19.4. The molecule has 6 rings (SSSR count). The minimum absolute atomic E-state index is 0.252. The van der Waals surface area contributed by atoms with E-state index in [1.54, 1.807) is 17.0 Å². The fourth-order valence-electron chi connectivity index (χ4n) is 5.86. The van der Waals surface area contributed by atoms with Crippen molar-refractivity contribution >= 4 is 17.8 Å².